The van der Waals surface area contributed by atoms with Gasteiger partial charge in [-0.2, -0.15) is 0 Å². The summed E-state index contributed by atoms with van der Waals surface area (Å²) < 4.78 is 0. The minimum absolute atomic E-state index is 0.0720. The third-order valence-electron chi connectivity index (χ3n) is 4.01. The summed E-state index contributed by atoms with van der Waals surface area (Å²) in [5, 5.41) is 0.0720. The number of carbonyl (C=O) groups is 2. The zero-order valence-corrected chi connectivity index (χ0v) is 12.1. The van der Waals surface area contributed by atoms with Gasteiger partial charge in [0.2, 0.25) is 11.6 Å². The Morgan fingerprint density at radius 1 is 1.15 bits per heavy atom. The Balaban J connectivity index is 2.05. The van der Waals surface area contributed by atoms with Crippen LogP contribution >= 0.6 is 11.6 Å². The van der Waals surface area contributed by atoms with Gasteiger partial charge in [-0.05, 0) is 18.8 Å². The SMILES string of the molecule is CC1CCCN(C2=C(Cl)C(=O)c3ccccc3C2=O)C1. The van der Waals surface area contributed by atoms with E-state index in [0.29, 0.717) is 22.7 Å². The number of hydrogen-bond acceptors (Lipinski definition) is 3. The Labute approximate surface area is 123 Å². The Morgan fingerprint density at radius 2 is 1.80 bits per heavy atom. The molecule has 0 spiro atoms. The van der Waals surface area contributed by atoms with Gasteiger partial charge in [0.15, 0.2) is 0 Å². The van der Waals surface area contributed by atoms with Gasteiger partial charge in [-0.15, -0.1) is 0 Å². The molecule has 0 bridgehead atoms. The molecule has 1 atom stereocenters. The number of allylic oxidation sites excluding steroid dienone is 2. The van der Waals surface area contributed by atoms with Crippen LogP contribution in [-0.2, 0) is 0 Å². The highest BCUT2D eigenvalue weighted by Gasteiger charge is 2.35. The lowest BCUT2D eigenvalue weighted by atomic mass is 9.90. The molecule has 0 saturated carbocycles. The van der Waals surface area contributed by atoms with Crippen LogP contribution in [0.1, 0.15) is 40.5 Å². The smallest absolute Gasteiger partial charge is 0.211 e. The average molecular weight is 290 g/mol. The number of ketones is 2. The number of piperidine rings is 1. The second-order valence-corrected chi connectivity index (χ2v) is 5.94. The lowest BCUT2D eigenvalue weighted by Gasteiger charge is -2.35. The van der Waals surface area contributed by atoms with Crippen LogP contribution in [0.15, 0.2) is 35.0 Å². The molecule has 1 fully saturated rings. The van der Waals surface area contributed by atoms with Crippen molar-refractivity contribution >= 4 is 23.2 Å². The van der Waals surface area contributed by atoms with E-state index in [-0.39, 0.29) is 16.6 Å². The van der Waals surface area contributed by atoms with Crippen molar-refractivity contribution in [2.75, 3.05) is 13.1 Å². The summed E-state index contributed by atoms with van der Waals surface area (Å²) >= 11 is 6.20. The molecule has 0 radical (unpaired) electrons. The van der Waals surface area contributed by atoms with Gasteiger partial charge in [0, 0.05) is 24.2 Å². The Bertz CT molecular complexity index is 621. The van der Waals surface area contributed by atoms with E-state index in [4.69, 9.17) is 11.6 Å². The van der Waals surface area contributed by atoms with Gasteiger partial charge >= 0.3 is 0 Å². The highest BCUT2D eigenvalue weighted by molar-refractivity contribution is 6.49. The van der Waals surface area contributed by atoms with Gasteiger partial charge in [-0.1, -0.05) is 42.8 Å². The monoisotopic (exact) mass is 289 g/mol. The lowest BCUT2D eigenvalue weighted by molar-refractivity contribution is 0.0930. The molecule has 104 valence electrons. The minimum atomic E-state index is -0.241. The van der Waals surface area contributed by atoms with E-state index in [9.17, 15) is 9.59 Å². The van der Waals surface area contributed by atoms with E-state index in [2.05, 4.69) is 6.92 Å². The van der Waals surface area contributed by atoms with E-state index in [1.165, 1.54) is 0 Å². The first-order chi connectivity index (χ1) is 9.59. The summed E-state index contributed by atoms with van der Waals surface area (Å²) in [5.41, 5.74) is 1.27. The largest absolute Gasteiger partial charge is 0.367 e. The topological polar surface area (TPSA) is 37.4 Å². The molecule has 3 nitrogen and oxygen atoms in total. The fraction of sp³-hybridized carbons (Fsp3) is 0.375. The Kier molecular flexibility index (Phi) is 3.38. The van der Waals surface area contributed by atoms with Gasteiger partial charge in [-0.25, -0.2) is 0 Å². The highest BCUT2D eigenvalue weighted by atomic mass is 35.5. The second-order valence-electron chi connectivity index (χ2n) is 5.56. The zero-order chi connectivity index (χ0) is 14.3. The van der Waals surface area contributed by atoms with Crippen LogP contribution in [-0.4, -0.2) is 29.6 Å². The summed E-state index contributed by atoms with van der Waals surface area (Å²) in [7, 11) is 0. The third kappa shape index (κ3) is 2.06. The molecule has 1 heterocycles. The fourth-order valence-corrected chi connectivity index (χ4v) is 3.31. The van der Waals surface area contributed by atoms with E-state index in [0.717, 1.165) is 25.9 Å². The number of hydrogen-bond donors (Lipinski definition) is 0. The molecule has 20 heavy (non-hydrogen) atoms. The van der Waals surface area contributed by atoms with E-state index >= 15 is 0 Å². The maximum absolute atomic E-state index is 12.6. The number of likely N-dealkylation sites (tertiary alicyclic amines) is 1. The summed E-state index contributed by atoms with van der Waals surface area (Å²) in [6.07, 6.45) is 2.18. The number of halogens is 1. The molecule has 1 aromatic carbocycles. The van der Waals surface area contributed by atoms with Crippen molar-refractivity contribution in [3.8, 4) is 0 Å². The molecule has 0 aromatic heterocycles. The van der Waals surface area contributed by atoms with Crippen molar-refractivity contribution in [2.24, 2.45) is 5.92 Å². The molecule has 1 saturated heterocycles. The summed E-state index contributed by atoms with van der Waals surface area (Å²) in [6, 6.07) is 6.89. The van der Waals surface area contributed by atoms with Crippen LogP contribution in [0.25, 0.3) is 0 Å². The van der Waals surface area contributed by atoms with Crippen molar-refractivity contribution in [3.05, 3.63) is 46.1 Å². The van der Waals surface area contributed by atoms with Crippen molar-refractivity contribution in [1.82, 2.24) is 4.90 Å². The van der Waals surface area contributed by atoms with Crippen molar-refractivity contribution in [1.29, 1.82) is 0 Å². The predicted octanol–water partition coefficient (Wildman–Crippen LogP) is 3.25. The molecule has 1 aliphatic carbocycles. The number of rotatable bonds is 1. The van der Waals surface area contributed by atoms with Crippen molar-refractivity contribution < 1.29 is 9.59 Å². The number of fused-ring (bicyclic) bond motifs is 1. The zero-order valence-electron chi connectivity index (χ0n) is 11.4. The average Bonchev–Trinajstić information content (AvgIpc) is 2.45. The van der Waals surface area contributed by atoms with Crippen LogP contribution in [0.5, 0.6) is 0 Å². The number of Topliss-reactive ketones (excluding diaryl/α,β-unsaturated/α-hetero) is 2. The molecular weight excluding hydrogens is 274 g/mol. The second kappa shape index (κ2) is 5.06. The fourth-order valence-electron chi connectivity index (χ4n) is 3.01. The molecule has 0 amide bonds. The molecule has 2 aliphatic rings. The first kappa shape index (κ1) is 13.4. The molecule has 1 aliphatic heterocycles. The van der Waals surface area contributed by atoms with Crippen molar-refractivity contribution in [3.63, 3.8) is 0 Å². The van der Waals surface area contributed by atoms with Gasteiger partial charge in [0.1, 0.15) is 10.7 Å². The van der Waals surface area contributed by atoms with E-state index < -0.39 is 0 Å². The van der Waals surface area contributed by atoms with Crippen LogP contribution in [0.3, 0.4) is 0 Å². The summed E-state index contributed by atoms with van der Waals surface area (Å²) in [5.74, 6) is 0.148. The quantitative estimate of drug-likeness (QED) is 0.796. The standard InChI is InChI=1S/C16H16ClNO2/c1-10-5-4-8-18(9-10)14-13(17)15(19)11-6-2-3-7-12(11)16(14)20/h2-3,6-7,10H,4-5,8-9H2,1H3. The van der Waals surface area contributed by atoms with Gasteiger partial charge in [0.05, 0.1) is 0 Å². The summed E-state index contributed by atoms with van der Waals surface area (Å²) in [4.78, 5) is 26.9. The van der Waals surface area contributed by atoms with Gasteiger partial charge in [-0.3, -0.25) is 9.59 Å². The lowest BCUT2D eigenvalue weighted by Crippen LogP contribution is -2.39. The van der Waals surface area contributed by atoms with Crippen LogP contribution < -0.4 is 0 Å². The van der Waals surface area contributed by atoms with Crippen LogP contribution in [0, 0.1) is 5.92 Å². The van der Waals surface area contributed by atoms with Gasteiger partial charge < -0.3 is 4.90 Å². The third-order valence-corrected chi connectivity index (χ3v) is 4.36. The van der Waals surface area contributed by atoms with E-state index in [1.54, 1.807) is 24.3 Å². The molecule has 1 unspecified atom stereocenters. The Hall–Kier alpha value is -1.61. The van der Waals surface area contributed by atoms with E-state index in [1.807, 2.05) is 4.90 Å². The Morgan fingerprint density at radius 3 is 2.45 bits per heavy atom. The van der Waals surface area contributed by atoms with Crippen LogP contribution in [0.4, 0.5) is 0 Å². The number of nitrogens with zero attached hydrogens (tertiary/aromatic N) is 1. The summed E-state index contributed by atoms with van der Waals surface area (Å²) in [6.45, 7) is 3.73. The van der Waals surface area contributed by atoms with Crippen molar-refractivity contribution in [2.45, 2.75) is 19.8 Å². The number of benzene rings is 1. The molecule has 1 aromatic rings. The first-order valence-electron chi connectivity index (χ1n) is 6.92. The van der Waals surface area contributed by atoms with Gasteiger partial charge in [0.25, 0.3) is 0 Å². The molecule has 0 N–H and O–H groups in total. The maximum atomic E-state index is 12.6. The highest BCUT2D eigenvalue weighted by Crippen LogP contribution is 2.32. The first-order valence-corrected chi connectivity index (χ1v) is 7.30. The normalized spacial score (nSPS) is 23.1. The minimum Gasteiger partial charge on any atom is -0.367 e. The van der Waals surface area contributed by atoms with Crippen LogP contribution in [0.2, 0.25) is 0 Å². The molecular formula is C16H16ClNO2. The predicted molar refractivity (Wildman–Crippen MR) is 78.0 cm³/mol. The molecule has 4 heteroatoms. The number of carbonyl (C=O) groups excluding carboxylic acids is 2. The maximum Gasteiger partial charge on any atom is 0.211 e. The molecule has 3 rings (SSSR count).